The molecule has 1 aromatic carbocycles. The fraction of sp³-hybridized carbons (Fsp3) is 0.455. The third-order valence-corrected chi connectivity index (χ3v) is 3.25. The molecule has 0 aliphatic rings. The Bertz CT molecular complexity index is 446. The van der Waals surface area contributed by atoms with E-state index in [4.69, 9.17) is 0 Å². The van der Waals surface area contributed by atoms with Gasteiger partial charge in [-0.3, -0.25) is 4.72 Å². The molecule has 5 nitrogen and oxygen atoms in total. The van der Waals surface area contributed by atoms with Crippen molar-refractivity contribution in [3.05, 3.63) is 29.8 Å². The molecule has 1 aromatic rings. The Hall–Kier alpha value is -1.11. The van der Waals surface area contributed by atoms with Gasteiger partial charge >= 0.3 is 0 Å². The molecule has 0 aromatic heterocycles. The van der Waals surface area contributed by atoms with Crippen molar-refractivity contribution in [2.75, 3.05) is 18.3 Å². The van der Waals surface area contributed by atoms with Gasteiger partial charge in [0.05, 0.1) is 5.69 Å². The first-order valence-corrected chi connectivity index (χ1v) is 7.06. The summed E-state index contributed by atoms with van der Waals surface area (Å²) in [6, 6.07) is 7.33. The van der Waals surface area contributed by atoms with Gasteiger partial charge in [-0.15, -0.1) is 0 Å². The van der Waals surface area contributed by atoms with Gasteiger partial charge in [0, 0.05) is 13.6 Å². The fourth-order valence-electron chi connectivity index (χ4n) is 1.36. The lowest BCUT2D eigenvalue weighted by Gasteiger charge is -2.08. The summed E-state index contributed by atoms with van der Waals surface area (Å²) >= 11 is 0. The largest absolute Gasteiger partial charge is 0.313 e. The van der Waals surface area contributed by atoms with Gasteiger partial charge in [0.25, 0.3) is 10.2 Å². The quantitative estimate of drug-likeness (QED) is 0.640. The van der Waals surface area contributed by atoms with Crippen LogP contribution in [0.15, 0.2) is 24.3 Å². The molecule has 0 heterocycles. The Morgan fingerprint density at radius 3 is 2.71 bits per heavy atom. The van der Waals surface area contributed by atoms with E-state index >= 15 is 0 Å². The zero-order valence-electron chi connectivity index (χ0n) is 10.2. The predicted molar refractivity (Wildman–Crippen MR) is 70.0 cm³/mol. The normalized spacial score (nSPS) is 11.4. The topological polar surface area (TPSA) is 70.2 Å². The highest BCUT2D eigenvalue weighted by atomic mass is 32.2. The second-order valence-corrected chi connectivity index (χ2v) is 5.31. The molecule has 96 valence electrons. The van der Waals surface area contributed by atoms with Crippen LogP contribution < -0.4 is 14.8 Å². The minimum Gasteiger partial charge on any atom is -0.313 e. The van der Waals surface area contributed by atoms with E-state index in [0.29, 0.717) is 5.69 Å². The molecule has 0 radical (unpaired) electrons. The Kier molecular flexibility index (Phi) is 5.40. The van der Waals surface area contributed by atoms with Crippen LogP contribution in [0.1, 0.15) is 18.9 Å². The van der Waals surface area contributed by atoms with Gasteiger partial charge in [-0.25, -0.2) is 4.72 Å². The smallest absolute Gasteiger partial charge is 0.298 e. The summed E-state index contributed by atoms with van der Waals surface area (Å²) in [6.45, 7) is 3.79. The zero-order valence-corrected chi connectivity index (χ0v) is 11.0. The van der Waals surface area contributed by atoms with Crippen molar-refractivity contribution >= 4 is 15.9 Å². The fourth-order valence-corrected chi connectivity index (χ4v) is 1.90. The number of benzene rings is 1. The van der Waals surface area contributed by atoms with Gasteiger partial charge in [-0.1, -0.05) is 19.1 Å². The van der Waals surface area contributed by atoms with E-state index in [0.717, 1.165) is 25.1 Å². The van der Waals surface area contributed by atoms with Crippen LogP contribution in [0.4, 0.5) is 5.69 Å². The summed E-state index contributed by atoms with van der Waals surface area (Å²) in [5.74, 6) is 0. The van der Waals surface area contributed by atoms with Gasteiger partial charge in [-0.05, 0) is 30.7 Å². The molecule has 0 fully saturated rings. The number of anilines is 1. The first kappa shape index (κ1) is 14.0. The molecule has 0 atom stereocenters. The van der Waals surface area contributed by atoms with Crippen LogP contribution in [0.5, 0.6) is 0 Å². The van der Waals surface area contributed by atoms with E-state index in [-0.39, 0.29) is 0 Å². The van der Waals surface area contributed by atoms with Crippen molar-refractivity contribution in [3.8, 4) is 0 Å². The first-order chi connectivity index (χ1) is 8.07. The summed E-state index contributed by atoms with van der Waals surface area (Å²) in [5, 5.41) is 3.26. The number of rotatable bonds is 7. The molecule has 0 aliphatic heterocycles. The maximum atomic E-state index is 11.3. The van der Waals surface area contributed by atoms with Gasteiger partial charge in [-0.2, -0.15) is 8.42 Å². The average molecular weight is 257 g/mol. The molecule has 6 heteroatoms. The summed E-state index contributed by atoms with van der Waals surface area (Å²) in [5.41, 5.74) is 1.62. The summed E-state index contributed by atoms with van der Waals surface area (Å²) in [7, 11) is -2.06. The van der Waals surface area contributed by atoms with Crippen LogP contribution in [0, 0.1) is 0 Å². The van der Waals surface area contributed by atoms with Crippen LogP contribution in [-0.4, -0.2) is 22.0 Å². The predicted octanol–water partition coefficient (Wildman–Crippen LogP) is 1.06. The maximum Gasteiger partial charge on any atom is 0.298 e. The Morgan fingerprint density at radius 2 is 2.06 bits per heavy atom. The lowest BCUT2D eigenvalue weighted by Crippen LogP contribution is -2.26. The summed E-state index contributed by atoms with van der Waals surface area (Å²) < 4.78 is 27.2. The van der Waals surface area contributed by atoms with Crippen molar-refractivity contribution in [2.45, 2.75) is 19.9 Å². The standard InChI is InChI=1S/C11H19N3O2S/c1-3-7-13-9-10-5-4-6-11(8-10)14-17(15,16)12-2/h4-6,8,12-14H,3,7,9H2,1-2H3. The van der Waals surface area contributed by atoms with Crippen LogP contribution in [0.25, 0.3) is 0 Å². The van der Waals surface area contributed by atoms with Crippen molar-refractivity contribution in [1.29, 1.82) is 0 Å². The van der Waals surface area contributed by atoms with Crippen molar-refractivity contribution in [2.24, 2.45) is 0 Å². The van der Waals surface area contributed by atoms with Crippen LogP contribution in [-0.2, 0) is 16.8 Å². The molecule has 0 saturated carbocycles. The average Bonchev–Trinajstić information content (AvgIpc) is 2.29. The van der Waals surface area contributed by atoms with Crippen molar-refractivity contribution in [3.63, 3.8) is 0 Å². The van der Waals surface area contributed by atoms with Gasteiger partial charge < -0.3 is 5.32 Å². The first-order valence-electron chi connectivity index (χ1n) is 5.58. The monoisotopic (exact) mass is 257 g/mol. The maximum absolute atomic E-state index is 11.3. The Balaban J connectivity index is 2.66. The molecule has 3 N–H and O–H groups in total. The third-order valence-electron chi connectivity index (χ3n) is 2.20. The van der Waals surface area contributed by atoms with Crippen LogP contribution in [0.2, 0.25) is 0 Å². The van der Waals surface area contributed by atoms with Crippen LogP contribution in [0.3, 0.4) is 0 Å². The number of hydrogen-bond donors (Lipinski definition) is 3. The Morgan fingerprint density at radius 1 is 1.29 bits per heavy atom. The minimum absolute atomic E-state index is 0.565. The SMILES string of the molecule is CCCNCc1cccc(NS(=O)(=O)NC)c1. The second-order valence-electron chi connectivity index (χ2n) is 3.69. The summed E-state index contributed by atoms with van der Waals surface area (Å²) in [6.07, 6.45) is 1.08. The van der Waals surface area contributed by atoms with Crippen molar-refractivity contribution in [1.82, 2.24) is 10.0 Å². The molecule has 0 spiro atoms. The molecule has 0 bridgehead atoms. The van der Waals surface area contributed by atoms with Gasteiger partial charge in [0.1, 0.15) is 0 Å². The highest BCUT2D eigenvalue weighted by Crippen LogP contribution is 2.11. The molecule has 17 heavy (non-hydrogen) atoms. The molecule has 0 unspecified atom stereocenters. The highest BCUT2D eigenvalue weighted by Gasteiger charge is 2.05. The zero-order chi connectivity index (χ0) is 12.7. The van der Waals surface area contributed by atoms with Crippen LogP contribution >= 0.6 is 0 Å². The van der Waals surface area contributed by atoms with E-state index in [1.165, 1.54) is 7.05 Å². The molecule has 0 amide bonds. The molecule has 0 saturated heterocycles. The summed E-state index contributed by atoms with van der Waals surface area (Å²) in [4.78, 5) is 0. The minimum atomic E-state index is -3.43. The van der Waals surface area contributed by atoms with Gasteiger partial charge in [0.15, 0.2) is 0 Å². The Labute approximate surface area is 103 Å². The van der Waals surface area contributed by atoms with E-state index in [1.54, 1.807) is 6.07 Å². The lowest BCUT2D eigenvalue weighted by molar-refractivity contribution is 0.593. The highest BCUT2D eigenvalue weighted by molar-refractivity contribution is 7.90. The third kappa shape index (κ3) is 5.16. The van der Waals surface area contributed by atoms with E-state index in [2.05, 4.69) is 21.7 Å². The second kappa shape index (κ2) is 6.58. The van der Waals surface area contributed by atoms with E-state index in [1.807, 2.05) is 18.2 Å². The van der Waals surface area contributed by atoms with Gasteiger partial charge in [0.2, 0.25) is 0 Å². The molecule has 1 rings (SSSR count). The lowest BCUT2D eigenvalue weighted by atomic mass is 10.2. The van der Waals surface area contributed by atoms with E-state index in [9.17, 15) is 8.42 Å². The molecular formula is C11H19N3O2S. The number of nitrogens with one attached hydrogen (secondary N) is 3. The van der Waals surface area contributed by atoms with E-state index < -0.39 is 10.2 Å². The molecular weight excluding hydrogens is 238 g/mol. The molecule has 0 aliphatic carbocycles. The van der Waals surface area contributed by atoms with Crippen molar-refractivity contribution < 1.29 is 8.42 Å². The number of hydrogen-bond acceptors (Lipinski definition) is 3.